The summed E-state index contributed by atoms with van der Waals surface area (Å²) in [4.78, 5) is 33.8. The van der Waals surface area contributed by atoms with Gasteiger partial charge in [0.15, 0.2) is 0 Å². The maximum absolute atomic E-state index is 15.1. The minimum atomic E-state index is -4.27. The second-order valence-corrected chi connectivity index (χ2v) is 21.8. The van der Waals surface area contributed by atoms with Gasteiger partial charge >= 0.3 is 0 Å². The molecule has 64 heavy (non-hydrogen) atoms. The normalized spacial score (nSPS) is 15.6. The predicted octanol–water partition coefficient (Wildman–Crippen LogP) is 6.65. The van der Waals surface area contributed by atoms with Gasteiger partial charge in [-0.05, 0) is 71.9 Å². The van der Waals surface area contributed by atoms with Crippen LogP contribution in [0, 0.1) is 35.5 Å². The van der Waals surface area contributed by atoms with Crippen LogP contribution in [0.25, 0.3) is 11.4 Å². The number of fused-ring (bicyclic) bond motifs is 1. The Morgan fingerprint density at radius 2 is 0.906 bits per heavy atom. The molecule has 0 aliphatic carbocycles. The van der Waals surface area contributed by atoms with Crippen molar-refractivity contribution in [2.75, 3.05) is 79.0 Å². The van der Waals surface area contributed by atoms with Gasteiger partial charge in [-0.3, -0.25) is 9.59 Å². The molecular weight excluding hydrogens is 849 g/mol. The summed E-state index contributed by atoms with van der Waals surface area (Å²) in [5.41, 5.74) is 5.17. The molecule has 0 radical (unpaired) electrons. The van der Waals surface area contributed by atoms with E-state index in [2.05, 4.69) is 51.4 Å². The molecule has 4 rings (SSSR count). The molecule has 2 unspecified atom stereocenters. The molecule has 0 spiro atoms. The molecule has 2 aliphatic rings. The molecule has 0 N–H and O–H groups in total. The minimum Gasteiger partial charge on any atom is -0.748 e. The fraction of sp³-hybridized carbons (Fsp3) is 0.560. The molecule has 0 saturated carbocycles. The van der Waals surface area contributed by atoms with Gasteiger partial charge in [-0.25, -0.2) is 16.8 Å². The third kappa shape index (κ3) is 15.4. The van der Waals surface area contributed by atoms with E-state index in [4.69, 9.17) is 0 Å². The molecule has 0 aromatic heterocycles. The van der Waals surface area contributed by atoms with E-state index in [1.807, 2.05) is 86.5 Å². The quantitative estimate of drug-likeness (QED) is 0.0645. The molecular formula is C50H70N4O8S2. The summed E-state index contributed by atoms with van der Waals surface area (Å²) in [6, 6.07) is 15.4. The molecule has 2 aliphatic heterocycles. The second-order valence-electron chi connectivity index (χ2n) is 18.7. The Labute approximate surface area is 384 Å². The second kappa shape index (κ2) is 23.3. The van der Waals surface area contributed by atoms with Crippen LogP contribution < -0.4 is 0 Å². The maximum Gasteiger partial charge on any atom is 0.261 e. The minimum absolute atomic E-state index is 0.172. The van der Waals surface area contributed by atoms with Crippen molar-refractivity contribution in [2.24, 2.45) is 11.8 Å². The van der Waals surface area contributed by atoms with Crippen LogP contribution in [-0.2, 0) is 29.8 Å². The summed E-state index contributed by atoms with van der Waals surface area (Å²) >= 11 is 0. The van der Waals surface area contributed by atoms with Crippen molar-refractivity contribution in [1.29, 1.82) is 0 Å². The first-order valence-electron chi connectivity index (χ1n) is 22.9. The van der Waals surface area contributed by atoms with E-state index in [1.54, 1.807) is 0 Å². The Bertz CT molecular complexity index is 2200. The summed E-state index contributed by atoms with van der Waals surface area (Å²) in [5.74, 6) is 12.2. The Morgan fingerprint density at radius 3 is 1.20 bits per heavy atom. The number of benzene rings is 2. The van der Waals surface area contributed by atoms with E-state index in [0.29, 0.717) is 70.8 Å². The van der Waals surface area contributed by atoms with Crippen LogP contribution in [0.5, 0.6) is 0 Å². The molecule has 12 nitrogen and oxygen atoms in total. The van der Waals surface area contributed by atoms with E-state index < -0.39 is 31.7 Å². The van der Waals surface area contributed by atoms with Gasteiger partial charge < -0.3 is 27.9 Å². The molecule has 2 atom stereocenters. The van der Waals surface area contributed by atoms with Crippen molar-refractivity contribution in [3.8, 4) is 23.7 Å². The van der Waals surface area contributed by atoms with Crippen LogP contribution >= 0.6 is 0 Å². The lowest BCUT2D eigenvalue weighted by molar-refractivity contribution is -0.883. The highest BCUT2D eigenvalue weighted by Gasteiger charge is 2.49. The number of unbranched alkanes of at least 4 members (excludes halogenated alkanes) is 2. The molecule has 2 aromatic carbocycles. The average Bonchev–Trinajstić information content (AvgIpc) is 3.66. The first-order valence-corrected chi connectivity index (χ1v) is 26.1. The summed E-state index contributed by atoms with van der Waals surface area (Å²) in [5, 5.41) is 0. The number of hydrogen-bond donors (Lipinski definition) is 0. The van der Waals surface area contributed by atoms with Gasteiger partial charge in [0.05, 0.1) is 84.1 Å². The number of nitrogens with zero attached hydrogens (tertiary/aromatic N) is 4. The van der Waals surface area contributed by atoms with Crippen molar-refractivity contribution in [3.05, 3.63) is 81.9 Å². The third-order valence-corrected chi connectivity index (χ3v) is 13.8. The summed E-state index contributed by atoms with van der Waals surface area (Å²) < 4.78 is 67.4. The molecule has 0 bridgehead atoms. The van der Waals surface area contributed by atoms with Crippen LogP contribution in [0.15, 0.2) is 59.7 Å². The molecule has 0 saturated heterocycles. The van der Waals surface area contributed by atoms with Gasteiger partial charge in [-0.15, -0.1) is 0 Å². The molecule has 0 fully saturated rings. The largest absolute Gasteiger partial charge is 0.748 e. The highest BCUT2D eigenvalue weighted by Crippen LogP contribution is 2.47. The molecule has 2 aromatic rings. The lowest BCUT2D eigenvalue weighted by atomic mass is 9.97. The highest BCUT2D eigenvalue weighted by atomic mass is 32.2. The summed E-state index contributed by atoms with van der Waals surface area (Å²) in [6.45, 7) is 11.5. The number of quaternary nitrogens is 2. The number of carbonyl (C=O) groups is 2. The Hall–Kier alpha value is -4.28. The fourth-order valence-electron chi connectivity index (χ4n) is 8.33. The summed E-state index contributed by atoms with van der Waals surface area (Å²) in [6.07, 6.45) is 8.42. The number of amides is 2. The van der Waals surface area contributed by atoms with Crippen molar-refractivity contribution >= 4 is 43.4 Å². The molecule has 14 heteroatoms. The highest BCUT2D eigenvalue weighted by molar-refractivity contribution is 7.85. The van der Waals surface area contributed by atoms with Gasteiger partial charge in [0, 0.05) is 48.6 Å². The standard InChI is InChI=1S/C50H70N4O8S2/c1-9-13-19-39(11-3)37-51-47(43-27-23-41(24-28-43)21-15-31-53(5,6)33-17-35-63(57,58)59)45-46(49(51)55)48(52(50(45)56)38-40(12-4)20-14-10-2)44-29-25-42(26-30-44)22-16-32-54(7,8)34-18-36-64(60,61)62/h23-30,39-40H,9-14,17-20,31-38H2,1-8H3. The Balaban J connectivity index is 1.77. The van der Waals surface area contributed by atoms with Crippen molar-refractivity contribution < 1.29 is 44.5 Å². The number of hydrogen-bond acceptors (Lipinski definition) is 8. The van der Waals surface area contributed by atoms with Crippen LogP contribution in [-0.4, -0.2) is 135 Å². The van der Waals surface area contributed by atoms with E-state index in [1.165, 1.54) is 0 Å². The smallest absolute Gasteiger partial charge is 0.261 e. The summed E-state index contributed by atoms with van der Waals surface area (Å²) in [7, 11) is -0.763. The van der Waals surface area contributed by atoms with Gasteiger partial charge in [-0.2, -0.15) is 0 Å². The zero-order valence-corrected chi connectivity index (χ0v) is 41.0. The molecule has 2 amide bonds. The molecule has 2 heterocycles. The van der Waals surface area contributed by atoms with Crippen molar-refractivity contribution in [2.45, 2.75) is 91.9 Å². The van der Waals surface area contributed by atoms with Gasteiger partial charge in [0.1, 0.15) is 13.1 Å². The van der Waals surface area contributed by atoms with E-state index in [9.17, 15) is 25.9 Å². The van der Waals surface area contributed by atoms with E-state index in [0.717, 1.165) is 73.6 Å². The lowest BCUT2D eigenvalue weighted by Crippen LogP contribution is -2.41. The van der Waals surface area contributed by atoms with E-state index in [-0.39, 0.29) is 36.5 Å². The van der Waals surface area contributed by atoms with Gasteiger partial charge in [-0.1, -0.05) is 102 Å². The van der Waals surface area contributed by atoms with Crippen LogP contribution in [0.2, 0.25) is 0 Å². The monoisotopic (exact) mass is 918 g/mol. The Kier molecular flexibility index (Phi) is 19.0. The third-order valence-electron chi connectivity index (χ3n) is 12.3. The zero-order valence-electron chi connectivity index (χ0n) is 39.4. The van der Waals surface area contributed by atoms with E-state index >= 15 is 9.59 Å². The predicted molar refractivity (Wildman–Crippen MR) is 253 cm³/mol. The van der Waals surface area contributed by atoms with Crippen molar-refractivity contribution in [1.82, 2.24) is 9.80 Å². The SMILES string of the molecule is CCCCC(CC)CN1C(=O)C2=C(c3ccc(C#CC[N+](C)(C)CCCS(=O)(=O)[O-])cc3)N(CC(CC)CCCC)C(=O)C2=C1c1ccc(C#CC[N+](C)(C)CCCS(=O)(=O)[O-])cc1. The zero-order chi connectivity index (χ0) is 47.3. The lowest BCUT2D eigenvalue weighted by Gasteiger charge is -2.29. The van der Waals surface area contributed by atoms with Crippen molar-refractivity contribution in [3.63, 3.8) is 0 Å². The number of carbonyl (C=O) groups excluding carboxylic acids is 2. The molecule has 350 valence electrons. The van der Waals surface area contributed by atoms with Gasteiger partial charge in [0.2, 0.25) is 0 Å². The first kappa shape index (κ1) is 52.3. The Morgan fingerprint density at radius 1 is 0.562 bits per heavy atom. The van der Waals surface area contributed by atoms with Crippen LogP contribution in [0.1, 0.15) is 114 Å². The maximum atomic E-state index is 15.1. The topological polar surface area (TPSA) is 155 Å². The first-order chi connectivity index (χ1) is 30.1. The fourth-order valence-corrected chi connectivity index (χ4v) is 9.29. The van der Waals surface area contributed by atoms with Crippen LogP contribution in [0.3, 0.4) is 0 Å². The van der Waals surface area contributed by atoms with Gasteiger partial charge in [0.25, 0.3) is 11.8 Å². The van der Waals surface area contributed by atoms with Crippen LogP contribution in [0.4, 0.5) is 0 Å². The average molecular weight is 919 g/mol. The number of rotatable bonds is 24.